The first kappa shape index (κ1) is 9.64. The summed E-state index contributed by atoms with van der Waals surface area (Å²) in [4.78, 5) is 3.99. The van der Waals surface area contributed by atoms with Crippen LogP contribution >= 0.6 is 0 Å². The van der Waals surface area contributed by atoms with Crippen molar-refractivity contribution in [2.75, 3.05) is 7.11 Å². The Labute approximate surface area is 84.9 Å². The predicted molar refractivity (Wildman–Crippen MR) is 50.7 cm³/mol. The number of ether oxygens (including phenoxy) is 1. The lowest BCUT2D eigenvalue weighted by molar-refractivity contribution is 0.371. The predicted octanol–water partition coefficient (Wildman–Crippen LogP) is 2.43. The average Bonchev–Trinajstić information content (AvgIpc) is 2.64. The van der Waals surface area contributed by atoms with E-state index in [4.69, 9.17) is 4.74 Å². The van der Waals surface area contributed by atoms with E-state index in [1.54, 1.807) is 0 Å². The fourth-order valence-electron chi connectivity index (χ4n) is 1.34. The molecule has 2 aromatic rings. The molecule has 1 aromatic carbocycles. The number of aromatic nitrogens is 2. The number of benzene rings is 1. The zero-order chi connectivity index (χ0) is 10.8. The zero-order valence-corrected chi connectivity index (χ0v) is 7.95. The van der Waals surface area contributed by atoms with Crippen molar-refractivity contribution in [1.29, 1.82) is 0 Å². The number of rotatable bonds is 2. The highest BCUT2D eigenvalue weighted by Gasteiger charge is 2.11. The Hall–Kier alpha value is -1.91. The second kappa shape index (κ2) is 3.68. The maximum atomic E-state index is 13.2. The van der Waals surface area contributed by atoms with E-state index < -0.39 is 5.82 Å². The quantitative estimate of drug-likeness (QED) is 0.761. The molecule has 78 valence electrons. The molecule has 0 aliphatic carbocycles. The molecule has 0 atom stereocenters. The van der Waals surface area contributed by atoms with Crippen LogP contribution in [0.2, 0.25) is 0 Å². The van der Waals surface area contributed by atoms with Gasteiger partial charge in [-0.2, -0.15) is 4.79 Å². The maximum Gasteiger partial charge on any atom is 0.131 e. The van der Waals surface area contributed by atoms with Gasteiger partial charge in [-0.1, -0.05) is 4.48 Å². The van der Waals surface area contributed by atoms with Crippen LogP contribution < -0.4 is 4.74 Å². The standard InChI is InChI=1S/C10H8F2N2O/c1-15-10-4-7(11)2-3-8(10)9-5-13-6-14(9)12/h2-6H,1H3. The molecule has 1 heterocycles. The summed E-state index contributed by atoms with van der Waals surface area (Å²) in [5.41, 5.74) is 0.686. The Kier molecular flexibility index (Phi) is 2.37. The van der Waals surface area contributed by atoms with Crippen molar-refractivity contribution in [3.8, 4) is 17.0 Å². The molecule has 5 heteroatoms. The molecule has 2 rings (SSSR count). The topological polar surface area (TPSA) is 27.1 Å². The van der Waals surface area contributed by atoms with Gasteiger partial charge in [-0.15, -0.1) is 0 Å². The highest BCUT2D eigenvalue weighted by atomic mass is 19.2. The summed E-state index contributed by atoms with van der Waals surface area (Å²) in [5.74, 6) is -0.157. The summed E-state index contributed by atoms with van der Waals surface area (Å²) >= 11 is 0. The number of hydrogen-bond donors (Lipinski definition) is 0. The summed E-state index contributed by atoms with van der Waals surface area (Å²) in [7, 11) is 1.40. The molecule has 15 heavy (non-hydrogen) atoms. The zero-order valence-electron chi connectivity index (χ0n) is 7.95. The minimum Gasteiger partial charge on any atom is -0.496 e. The summed E-state index contributed by atoms with van der Waals surface area (Å²) in [6.45, 7) is 0. The first-order valence-corrected chi connectivity index (χ1v) is 4.25. The summed E-state index contributed by atoms with van der Waals surface area (Å²) in [5, 5.41) is 0. The minimum atomic E-state index is -0.430. The molecule has 0 saturated heterocycles. The Balaban J connectivity index is 2.58. The molecule has 0 amide bonds. The number of nitrogens with zero attached hydrogens (tertiary/aromatic N) is 2. The van der Waals surface area contributed by atoms with Crippen molar-refractivity contribution in [3.05, 3.63) is 36.5 Å². The van der Waals surface area contributed by atoms with Gasteiger partial charge in [0.05, 0.1) is 13.3 Å². The van der Waals surface area contributed by atoms with E-state index in [2.05, 4.69) is 4.98 Å². The van der Waals surface area contributed by atoms with Crippen LogP contribution in [0, 0.1) is 5.82 Å². The molecule has 3 nitrogen and oxygen atoms in total. The van der Waals surface area contributed by atoms with Gasteiger partial charge >= 0.3 is 0 Å². The van der Waals surface area contributed by atoms with E-state index in [0.717, 1.165) is 6.33 Å². The smallest absolute Gasteiger partial charge is 0.131 e. The molecule has 0 N–H and O–H groups in total. The van der Waals surface area contributed by atoms with Gasteiger partial charge in [-0.25, -0.2) is 9.37 Å². The molecule has 0 radical (unpaired) electrons. The van der Waals surface area contributed by atoms with E-state index >= 15 is 0 Å². The monoisotopic (exact) mass is 210 g/mol. The second-order valence-corrected chi connectivity index (χ2v) is 2.93. The van der Waals surface area contributed by atoms with Crippen molar-refractivity contribution < 1.29 is 13.6 Å². The highest BCUT2D eigenvalue weighted by Crippen LogP contribution is 2.30. The van der Waals surface area contributed by atoms with Crippen LogP contribution in [0.3, 0.4) is 0 Å². The molecule has 0 unspecified atom stereocenters. The van der Waals surface area contributed by atoms with Crippen molar-refractivity contribution >= 4 is 0 Å². The third-order valence-electron chi connectivity index (χ3n) is 2.03. The highest BCUT2D eigenvalue weighted by molar-refractivity contribution is 5.66. The molecular formula is C10H8F2N2O. The number of methoxy groups -OCH3 is 1. The van der Waals surface area contributed by atoms with Crippen LogP contribution in [-0.2, 0) is 0 Å². The number of imidazole rings is 1. The van der Waals surface area contributed by atoms with Gasteiger partial charge in [0.25, 0.3) is 0 Å². The Morgan fingerprint density at radius 3 is 2.80 bits per heavy atom. The van der Waals surface area contributed by atoms with Crippen LogP contribution in [0.5, 0.6) is 5.75 Å². The lowest BCUT2D eigenvalue weighted by Crippen LogP contribution is -1.91. The van der Waals surface area contributed by atoms with Crippen LogP contribution in [0.4, 0.5) is 8.87 Å². The van der Waals surface area contributed by atoms with Crippen LogP contribution in [0.1, 0.15) is 0 Å². The van der Waals surface area contributed by atoms with E-state index in [9.17, 15) is 8.87 Å². The molecule has 0 aliphatic rings. The van der Waals surface area contributed by atoms with E-state index in [0.29, 0.717) is 10.4 Å². The molecule has 0 fully saturated rings. The van der Waals surface area contributed by atoms with Crippen LogP contribution in [-0.4, -0.2) is 16.9 Å². The summed E-state index contributed by atoms with van der Waals surface area (Å²) in [6.07, 6.45) is 2.37. The van der Waals surface area contributed by atoms with Crippen molar-refractivity contribution in [3.63, 3.8) is 0 Å². The summed E-state index contributed by atoms with van der Waals surface area (Å²) in [6, 6.07) is 3.88. The molecule has 1 aromatic heterocycles. The first-order chi connectivity index (χ1) is 7.22. The Morgan fingerprint density at radius 1 is 1.40 bits per heavy atom. The first-order valence-electron chi connectivity index (χ1n) is 4.25. The van der Waals surface area contributed by atoms with Gasteiger partial charge in [0.15, 0.2) is 0 Å². The van der Waals surface area contributed by atoms with E-state index in [-0.39, 0.29) is 11.4 Å². The van der Waals surface area contributed by atoms with Gasteiger partial charge in [0.1, 0.15) is 23.6 Å². The van der Waals surface area contributed by atoms with Crippen molar-refractivity contribution in [1.82, 2.24) is 9.77 Å². The van der Waals surface area contributed by atoms with E-state index in [1.165, 1.54) is 31.5 Å². The molecule has 0 spiro atoms. The molecular weight excluding hydrogens is 202 g/mol. The lowest BCUT2D eigenvalue weighted by atomic mass is 10.1. The van der Waals surface area contributed by atoms with Gasteiger partial charge in [0.2, 0.25) is 0 Å². The fraction of sp³-hybridized carbons (Fsp3) is 0.100. The van der Waals surface area contributed by atoms with Crippen molar-refractivity contribution in [2.24, 2.45) is 0 Å². The van der Waals surface area contributed by atoms with Gasteiger partial charge in [-0.05, 0) is 12.1 Å². The average molecular weight is 210 g/mol. The maximum absolute atomic E-state index is 13.2. The molecule has 0 aliphatic heterocycles. The van der Waals surface area contributed by atoms with Crippen molar-refractivity contribution in [2.45, 2.75) is 0 Å². The fourth-order valence-corrected chi connectivity index (χ4v) is 1.34. The summed E-state index contributed by atoms with van der Waals surface area (Å²) < 4.78 is 31.0. The largest absolute Gasteiger partial charge is 0.496 e. The second-order valence-electron chi connectivity index (χ2n) is 2.93. The van der Waals surface area contributed by atoms with Crippen LogP contribution in [0.15, 0.2) is 30.7 Å². The van der Waals surface area contributed by atoms with Crippen LogP contribution in [0.25, 0.3) is 11.3 Å². The molecule has 0 saturated carbocycles. The lowest BCUT2D eigenvalue weighted by Gasteiger charge is -2.06. The Bertz CT molecular complexity index is 482. The Morgan fingerprint density at radius 2 is 2.20 bits per heavy atom. The third-order valence-corrected chi connectivity index (χ3v) is 2.03. The number of halogens is 2. The minimum absolute atomic E-state index is 0.229. The molecule has 0 bridgehead atoms. The normalized spacial score (nSPS) is 10.3. The van der Waals surface area contributed by atoms with Gasteiger partial charge in [-0.3, -0.25) is 0 Å². The van der Waals surface area contributed by atoms with E-state index in [1.807, 2.05) is 0 Å². The van der Waals surface area contributed by atoms with Gasteiger partial charge in [0, 0.05) is 11.6 Å². The third kappa shape index (κ3) is 1.68. The van der Waals surface area contributed by atoms with Gasteiger partial charge < -0.3 is 4.74 Å². The SMILES string of the molecule is COc1cc(F)ccc1-c1cncn1F. The number of hydrogen-bond acceptors (Lipinski definition) is 2.